The van der Waals surface area contributed by atoms with Gasteiger partial charge in [0, 0.05) is 12.6 Å². The molecule has 0 aromatic rings. The zero-order valence-corrected chi connectivity index (χ0v) is 11.7. The van der Waals surface area contributed by atoms with Crippen LogP contribution in [0.5, 0.6) is 0 Å². The molecule has 0 spiro atoms. The molecule has 0 aromatic heterocycles. The molecular weight excluding hydrogens is 245 g/mol. The predicted octanol–water partition coefficient (Wildman–Crippen LogP) is 0.885. The molecule has 17 heavy (non-hydrogen) atoms. The van der Waals surface area contributed by atoms with Crippen LogP contribution in [0, 0.1) is 0 Å². The van der Waals surface area contributed by atoms with Gasteiger partial charge in [0.25, 0.3) is 0 Å². The molecule has 0 aromatic carbocycles. The lowest BCUT2D eigenvalue weighted by molar-refractivity contribution is 0.114. The van der Waals surface area contributed by atoms with Crippen LogP contribution >= 0.6 is 7.60 Å². The summed E-state index contributed by atoms with van der Waals surface area (Å²) in [6.07, 6.45) is 0.0803. The largest absolute Gasteiger partial charge is 0.395 e. The third-order valence-corrected chi connectivity index (χ3v) is 4.29. The predicted molar refractivity (Wildman–Crippen MR) is 66.1 cm³/mol. The van der Waals surface area contributed by atoms with E-state index in [-0.39, 0.29) is 25.5 Å². The van der Waals surface area contributed by atoms with E-state index < -0.39 is 7.60 Å². The van der Waals surface area contributed by atoms with Gasteiger partial charge in [0.05, 0.1) is 26.4 Å². The number of hydrogen-bond acceptors (Lipinski definition) is 6. The van der Waals surface area contributed by atoms with Gasteiger partial charge in [-0.3, -0.25) is 9.46 Å². The van der Waals surface area contributed by atoms with Crippen LogP contribution in [0.4, 0.5) is 0 Å². The van der Waals surface area contributed by atoms with Gasteiger partial charge in [0.1, 0.15) is 6.29 Å². The van der Waals surface area contributed by atoms with Crippen LogP contribution in [0.1, 0.15) is 20.8 Å². The lowest BCUT2D eigenvalue weighted by Crippen LogP contribution is -2.38. The van der Waals surface area contributed by atoms with E-state index in [4.69, 9.17) is 19.3 Å². The summed E-state index contributed by atoms with van der Waals surface area (Å²) < 4.78 is 22.6. The van der Waals surface area contributed by atoms with E-state index in [1.165, 1.54) is 0 Å². The molecule has 0 rings (SSSR count). The first-order valence-electron chi connectivity index (χ1n) is 5.86. The molecular formula is C10H24NO5P. The summed E-state index contributed by atoms with van der Waals surface area (Å²) in [5.74, 6) is 0. The molecule has 0 bridgehead atoms. The summed E-state index contributed by atoms with van der Waals surface area (Å²) >= 11 is 0. The summed E-state index contributed by atoms with van der Waals surface area (Å²) in [5, 5.41) is 18.0. The summed E-state index contributed by atoms with van der Waals surface area (Å²) in [7, 11) is -3.17. The summed E-state index contributed by atoms with van der Waals surface area (Å²) in [6, 6.07) is -0.198. The fourth-order valence-corrected chi connectivity index (χ4v) is 3.30. The van der Waals surface area contributed by atoms with E-state index in [1.54, 1.807) is 25.7 Å². The molecule has 0 saturated carbocycles. The number of hydrogen-bond donors (Lipinski definition) is 2. The molecule has 0 aliphatic heterocycles. The lowest BCUT2D eigenvalue weighted by Gasteiger charge is -2.30. The van der Waals surface area contributed by atoms with Crippen LogP contribution in [0.3, 0.4) is 0 Å². The molecule has 7 heteroatoms. The van der Waals surface area contributed by atoms with Gasteiger partial charge in [0.2, 0.25) is 0 Å². The van der Waals surface area contributed by atoms with Crippen LogP contribution in [-0.4, -0.2) is 60.4 Å². The smallest absolute Gasteiger partial charge is 0.344 e. The Morgan fingerprint density at radius 3 is 2.12 bits per heavy atom. The summed E-state index contributed by atoms with van der Waals surface area (Å²) in [4.78, 5) is 1.70. The van der Waals surface area contributed by atoms with Crippen molar-refractivity contribution < 1.29 is 23.8 Å². The summed E-state index contributed by atoms with van der Waals surface area (Å²) in [5.41, 5.74) is 0. The van der Waals surface area contributed by atoms with Crippen molar-refractivity contribution in [3.05, 3.63) is 0 Å². The summed E-state index contributed by atoms with van der Waals surface area (Å²) in [6.45, 7) is 6.08. The molecule has 0 fully saturated rings. The topological polar surface area (TPSA) is 79.2 Å². The van der Waals surface area contributed by atoms with Gasteiger partial charge < -0.3 is 19.3 Å². The zero-order valence-electron chi connectivity index (χ0n) is 10.8. The normalized spacial score (nSPS) is 14.2. The van der Waals surface area contributed by atoms with Crippen molar-refractivity contribution in [3.8, 4) is 0 Å². The van der Waals surface area contributed by atoms with Gasteiger partial charge >= 0.3 is 7.60 Å². The second kappa shape index (κ2) is 9.03. The molecule has 0 heterocycles. The Balaban J connectivity index is 4.60. The quantitative estimate of drug-likeness (QED) is 0.573. The Labute approximate surface area is 103 Å². The Bertz CT molecular complexity index is 229. The molecule has 104 valence electrons. The van der Waals surface area contributed by atoms with Gasteiger partial charge in [-0.15, -0.1) is 0 Å². The minimum atomic E-state index is -3.17. The average molecular weight is 269 g/mol. The van der Waals surface area contributed by atoms with Crippen molar-refractivity contribution in [2.45, 2.75) is 26.8 Å². The highest BCUT2D eigenvalue weighted by Gasteiger charge is 2.29. The van der Waals surface area contributed by atoms with Crippen LogP contribution in [-0.2, 0) is 13.6 Å². The van der Waals surface area contributed by atoms with Gasteiger partial charge in [-0.1, -0.05) is 0 Å². The second-order valence-corrected chi connectivity index (χ2v) is 5.68. The number of aliphatic hydroxyl groups is 2. The van der Waals surface area contributed by atoms with Crippen molar-refractivity contribution in [3.63, 3.8) is 0 Å². The highest BCUT2D eigenvalue weighted by atomic mass is 31.2. The number of aliphatic hydroxyl groups excluding tert-OH is 2. The highest BCUT2D eigenvalue weighted by Crippen LogP contribution is 2.48. The Kier molecular flexibility index (Phi) is 9.04. The van der Waals surface area contributed by atoms with Gasteiger partial charge in [0.15, 0.2) is 0 Å². The molecule has 0 amide bonds. The minimum Gasteiger partial charge on any atom is -0.395 e. The lowest BCUT2D eigenvalue weighted by atomic mass is 10.3. The van der Waals surface area contributed by atoms with Gasteiger partial charge in [-0.05, 0) is 20.8 Å². The molecule has 0 aliphatic rings. The monoisotopic (exact) mass is 269 g/mol. The van der Waals surface area contributed by atoms with Gasteiger partial charge in [-0.2, -0.15) is 0 Å². The standard InChI is InChI=1S/C10H24NO5P/c1-4-15-17(14,16-5-2)9-11(6-7-12)10(3)8-13/h10,12-13H,4-9H2,1-3H3/t10-/m1/s1. The Morgan fingerprint density at radius 2 is 1.76 bits per heavy atom. The number of rotatable bonds is 10. The maximum absolute atomic E-state index is 12.3. The van der Waals surface area contributed by atoms with E-state index in [1.807, 2.05) is 0 Å². The third kappa shape index (κ3) is 6.50. The molecule has 6 nitrogen and oxygen atoms in total. The molecule has 0 aliphatic carbocycles. The first kappa shape index (κ1) is 17.0. The van der Waals surface area contributed by atoms with E-state index in [0.29, 0.717) is 19.8 Å². The molecule has 2 N–H and O–H groups in total. The maximum atomic E-state index is 12.3. The van der Waals surface area contributed by atoms with E-state index in [9.17, 15) is 4.57 Å². The van der Waals surface area contributed by atoms with Crippen LogP contribution in [0.15, 0.2) is 0 Å². The first-order chi connectivity index (χ1) is 8.02. The van der Waals surface area contributed by atoms with Crippen molar-refractivity contribution >= 4 is 7.60 Å². The minimum absolute atomic E-state index is 0.0669. The SMILES string of the molecule is CCOP(=O)(CN(CCO)[C@H](C)CO)OCC. The van der Waals surface area contributed by atoms with Crippen molar-refractivity contribution in [2.24, 2.45) is 0 Å². The molecule has 1 atom stereocenters. The number of nitrogens with zero attached hydrogens (tertiary/aromatic N) is 1. The maximum Gasteiger partial charge on any atom is 0.344 e. The van der Waals surface area contributed by atoms with Crippen molar-refractivity contribution in [1.29, 1.82) is 0 Å². The molecule has 0 radical (unpaired) electrons. The molecule has 0 unspecified atom stereocenters. The van der Waals surface area contributed by atoms with E-state index >= 15 is 0 Å². The molecule has 0 saturated heterocycles. The van der Waals surface area contributed by atoms with Crippen LogP contribution in [0.25, 0.3) is 0 Å². The van der Waals surface area contributed by atoms with Crippen LogP contribution < -0.4 is 0 Å². The Hall–Kier alpha value is 0.0300. The van der Waals surface area contributed by atoms with E-state index in [2.05, 4.69) is 0 Å². The third-order valence-electron chi connectivity index (χ3n) is 2.28. The Morgan fingerprint density at radius 1 is 1.24 bits per heavy atom. The average Bonchev–Trinajstić information content (AvgIpc) is 2.28. The van der Waals surface area contributed by atoms with E-state index in [0.717, 1.165) is 0 Å². The first-order valence-corrected chi connectivity index (χ1v) is 7.59. The van der Waals surface area contributed by atoms with Gasteiger partial charge in [-0.25, -0.2) is 0 Å². The fourth-order valence-electron chi connectivity index (χ4n) is 1.41. The van der Waals surface area contributed by atoms with Crippen molar-refractivity contribution in [1.82, 2.24) is 4.90 Å². The van der Waals surface area contributed by atoms with Crippen molar-refractivity contribution in [2.75, 3.05) is 39.3 Å². The van der Waals surface area contributed by atoms with Crippen LogP contribution in [0.2, 0.25) is 0 Å². The fraction of sp³-hybridized carbons (Fsp3) is 1.00. The highest BCUT2D eigenvalue weighted by molar-refractivity contribution is 7.53. The second-order valence-electron chi connectivity index (χ2n) is 3.66. The zero-order chi connectivity index (χ0) is 13.3.